The van der Waals surface area contributed by atoms with Gasteiger partial charge in [-0.3, -0.25) is 0 Å². The van der Waals surface area contributed by atoms with Crippen molar-refractivity contribution in [2.45, 2.75) is 13.8 Å². The Balaban J connectivity index is 0.00000256. The maximum absolute atomic E-state index is 5.21. The van der Waals surface area contributed by atoms with Crippen LogP contribution in [0.5, 0.6) is 5.75 Å². The quantitative estimate of drug-likeness (QED) is 0.486. The van der Waals surface area contributed by atoms with Crippen LogP contribution in [0.15, 0.2) is 22.3 Å². The van der Waals surface area contributed by atoms with E-state index in [1.807, 2.05) is 26.0 Å². The summed E-state index contributed by atoms with van der Waals surface area (Å²) >= 11 is 0. The Morgan fingerprint density at radius 3 is 2.41 bits per heavy atom. The van der Waals surface area contributed by atoms with Crippen LogP contribution in [0.4, 0.5) is 0 Å². The molecular weight excluding hydrogens is 240 g/mol. The van der Waals surface area contributed by atoms with Crippen LogP contribution in [-0.2, 0) is 0 Å². The molecule has 4 N–H and O–H groups in total. The first-order chi connectivity index (χ1) is 7.56. The second-order valence-electron chi connectivity index (χ2n) is 3.38. The third-order valence-corrected chi connectivity index (χ3v) is 2.37. The Bertz CT molecular complexity index is 439. The highest BCUT2D eigenvalue weighted by Gasteiger charge is 2.04. The third-order valence-electron chi connectivity index (χ3n) is 2.37. The van der Waals surface area contributed by atoms with Crippen molar-refractivity contribution in [2.24, 2.45) is 21.7 Å². The molecule has 0 amide bonds. The van der Waals surface area contributed by atoms with Crippen molar-refractivity contribution in [1.29, 1.82) is 0 Å². The molecule has 1 aromatic carbocycles. The summed E-state index contributed by atoms with van der Waals surface area (Å²) in [5.41, 5.74) is 13.5. The van der Waals surface area contributed by atoms with Crippen LogP contribution >= 0.6 is 12.4 Å². The first-order valence-electron chi connectivity index (χ1n) is 4.82. The van der Waals surface area contributed by atoms with Gasteiger partial charge >= 0.3 is 0 Å². The molecule has 0 aliphatic carbocycles. The number of hydrogen-bond acceptors (Lipinski definition) is 3. The van der Waals surface area contributed by atoms with Gasteiger partial charge in [-0.25, -0.2) is 0 Å². The third kappa shape index (κ3) is 3.96. The van der Waals surface area contributed by atoms with Crippen LogP contribution < -0.4 is 16.2 Å². The Kier molecular flexibility index (Phi) is 6.06. The predicted molar refractivity (Wildman–Crippen MR) is 73.1 cm³/mol. The fraction of sp³-hybridized carbons (Fsp3) is 0.273. The van der Waals surface area contributed by atoms with Crippen molar-refractivity contribution in [2.75, 3.05) is 7.11 Å². The van der Waals surface area contributed by atoms with Gasteiger partial charge in [-0.1, -0.05) is 0 Å². The highest BCUT2D eigenvalue weighted by atomic mass is 35.5. The van der Waals surface area contributed by atoms with E-state index in [2.05, 4.69) is 10.2 Å². The molecule has 5 nitrogen and oxygen atoms in total. The average molecular weight is 257 g/mol. The molecule has 1 aromatic rings. The molecule has 17 heavy (non-hydrogen) atoms. The lowest BCUT2D eigenvalue weighted by Gasteiger charge is -2.09. The molecule has 0 aliphatic rings. The van der Waals surface area contributed by atoms with Crippen molar-refractivity contribution < 1.29 is 4.74 Å². The van der Waals surface area contributed by atoms with Gasteiger partial charge in [0.15, 0.2) is 0 Å². The van der Waals surface area contributed by atoms with E-state index >= 15 is 0 Å². The van der Waals surface area contributed by atoms with Crippen molar-refractivity contribution in [1.82, 2.24) is 0 Å². The second kappa shape index (κ2) is 6.75. The largest absolute Gasteiger partial charge is 0.496 e. The minimum atomic E-state index is -0.0564. The summed E-state index contributed by atoms with van der Waals surface area (Å²) < 4.78 is 5.21. The molecule has 0 aliphatic heterocycles. The Morgan fingerprint density at radius 2 is 1.88 bits per heavy atom. The lowest BCUT2D eigenvalue weighted by molar-refractivity contribution is 0.411. The molecule has 94 valence electrons. The minimum absolute atomic E-state index is 0. The number of rotatable bonds is 3. The molecular formula is C11H17ClN4O. The number of guanidine groups is 1. The first kappa shape index (κ1) is 15.2. The fourth-order valence-corrected chi connectivity index (χ4v) is 1.34. The number of ether oxygens (including phenoxy) is 1. The molecule has 0 radical (unpaired) electrons. The highest BCUT2D eigenvalue weighted by molar-refractivity contribution is 5.85. The first-order valence-corrected chi connectivity index (χ1v) is 4.82. The second-order valence-corrected chi connectivity index (χ2v) is 3.38. The van der Waals surface area contributed by atoms with Crippen molar-refractivity contribution >= 4 is 24.6 Å². The number of benzene rings is 1. The summed E-state index contributed by atoms with van der Waals surface area (Å²) in [6, 6.07) is 3.80. The smallest absolute Gasteiger partial charge is 0.211 e. The molecule has 1 rings (SSSR count). The van der Waals surface area contributed by atoms with Gasteiger partial charge in [0, 0.05) is 0 Å². The molecule has 0 saturated heterocycles. The summed E-state index contributed by atoms with van der Waals surface area (Å²) in [5.74, 6) is 0.802. The van der Waals surface area contributed by atoms with Crippen LogP contribution in [0.25, 0.3) is 0 Å². The molecule has 0 heterocycles. The summed E-state index contributed by atoms with van der Waals surface area (Å²) in [6.45, 7) is 3.99. The molecule has 0 bridgehead atoms. The molecule has 0 spiro atoms. The van der Waals surface area contributed by atoms with Crippen LogP contribution in [0.2, 0.25) is 0 Å². The summed E-state index contributed by atoms with van der Waals surface area (Å²) in [5, 5.41) is 7.31. The van der Waals surface area contributed by atoms with Gasteiger partial charge in [0.2, 0.25) is 5.96 Å². The van der Waals surface area contributed by atoms with E-state index in [0.717, 1.165) is 22.4 Å². The number of hydrogen-bond donors (Lipinski definition) is 2. The zero-order valence-corrected chi connectivity index (χ0v) is 10.9. The van der Waals surface area contributed by atoms with Crippen LogP contribution in [0.1, 0.15) is 16.7 Å². The Morgan fingerprint density at radius 1 is 1.24 bits per heavy atom. The standard InChI is InChI=1S/C11H16N4O.ClH/c1-7-8(2)10(16-3)5-4-9(7)6-14-15-11(12)13;/h4-6H,1-3H3,(H4,12,13,15);1H/b14-6+;. The molecule has 0 unspecified atom stereocenters. The molecule has 6 heteroatoms. The van der Waals surface area contributed by atoms with Gasteiger partial charge in [-0.2, -0.15) is 5.10 Å². The lowest BCUT2D eigenvalue weighted by atomic mass is 10.0. The Hall–Kier alpha value is -1.75. The van der Waals surface area contributed by atoms with Crippen LogP contribution in [-0.4, -0.2) is 19.3 Å². The predicted octanol–water partition coefficient (Wildman–Crippen LogP) is 1.34. The van der Waals surface area contributed by atoms with Gasteiger partial charge < -0.3 is 16.2 Å². The maximum atomic E-state index is 5.21. The number of methoxy groups -OCH3 is 1. The average Bonchev–Trinajstić information content (AvgIpc) is 2.24. The zero-order valence-electron chi connectivity index (χ0n) is 10.1. The summed E-state index contributed by atoms with van der Waals surface area (Å²) in [7, 11) is 1.65. The van der Waals surface area contributed by atoms with E-state index in [9.17, 15) is 0 Å². The number of nitrogens with zero attached hydrogens (tertiary/aromatic N) is 2. The highest BCUT2D eigenvalue weighted by Crippen LogP contribution is 2.22. The molecule has 0 saturated carbocycles. The monoisotopic (exact) mass is 256 g/mol. The summed E-state index contributed by atoms with van der Waals surface area (Å²) in [6.07, 6.45) is 1.61. The summed E-state index contributed by atoms with van der Waals surface area (Å²) in [4.78, 5) is 0. The van der Waals surface area contributed by atoms with Crippen LogP contribution in [0, 0.1) is 13.8 Å². The van der Waals surface area contributed by atoms with Gasteiger partial charge in [0.25, 0.3) is 0 Å². The lowest BCUT2D eigenvalue weighted by Crippen LogP contribution is -2.21. The van der Waals surface area contributed by atoms with E-state index in [-0.39, 0.29) is 18.4 Å². The van der Waals surface area contributed by atoms with Gasteiger partial charge in [0.05, 0.1) is 13.3 Å². The van der Waals surface area contributed by atoms with E-state index in [1.165, 1.54) is 0 Å². The van der Waals surface area contributed by atoms with Gasteiger partial charge in [0.1, 0.15) is 5.75 Å². The van der Waals surface area contributed by atoms with Crippen molar-refractivity contribution in [3.05, 3.63) is 28.8 Å². The molecule has 0 aromatic heterocycles. The van der Waals surface area contributed by atoms with Gasteiger partial charge in [-0.05, 0) is 42.7 Å². The Labute approximate surface area is 107 Å². The zero-order chi connectivity index (χ0) is 12.1. The fourth-order valence-electron chi connectivity index (χ4n) is 1.34. The van der Waals surface area contributed by atoms with Crippen molar-refractivity contribution in [3.8, 4) is 5.75 Å². The van der Waals surface area contributed by atoms with Crippen LogP contribution in [0.3, 0.4) is 0 Å². The number of nitrogens with two attached hydrogens (primary N) is 2. The molecule has 0 fully saturated rings. The van der Waals surface area contributed by atoms with Gasteiger partial charge in [-0.15, -0.1) is 17.5 Å². The number of halogens is 1. The SMILES string of the molecule is COc1ccc(/C=N/N=C(N)N)c(C)c1C.Cl. The maximum Gasteiger partial charge on any atom is 0.211 e. The molecule has 0 atom stereocenters. The van der Waals surface area contributed by atoms with E-state index in [4.69, 9.17) is 16.2 Å². The van der Waals surface area contributed by atoms with E-state index in [0.29, 0.717) is 0 Å². The van der Waals surface area contributed by atoms with E-state index in [1.54, 1.807) is 13.3 Å². The van der Waals surface area contributed by atoms with Crippen molar-refractivity contribution in [3.63, 3.8) is 0 Å². The normalized spacial score (nSPS) is 9.82. The van der Waals surface area contributed by atoms with E-state index < -0.39 is 0 Å². The minimum Gasteiger partial charge on any atom is -0.496 e. The topological polar surface area (TPSA) is 86.0 Å².